The number of nitrogens with one attached hydrogen (secondary N) is 1. The summed E-state index contributed by atoms with van der Waals surface area (Å²) in [5, 5.41) is 1.34. The molecule has 0 unspecified atom stereocenters. The van der Waals surface area contributed by atoms with Gasteiger partial charge in [0.25, 0.3) is 5.56 Å². The first-order valence-corrected chi connectivity index (χ1v) is 7.39. The van der Waals surface area contributed by atoms with Crippen LogP contribution in [0, 0.1) is 0 Å². The summed E-state index contributed by atoms with van der Waals surface area (Å²) in [5.74, 6) is 0. The van der Waals surface area contributed by atoms with E-state index in [0.29, 0.717) is 5.16 Å². The molecule has 1 atom stereocenters. The Morgan fingerprint density at radius 2 is 2.25 bits per heavy atom. The number of hydrogen-bond donors (Lipinski definition) is 2. The van der Waals surface area contributed by atoms with Gasteiger partial charge in [-0.05, 0) is 42.8 Å². The molecule has 2 aromatic heterocycles. The van der Waals surface area contributed by atoms with Gasteiger partial charge in [-0.25, -0.2) is 9.97 Å². The lowest BCUT2D eigenvalue weighted by molar-refractivity contribution is 0.804. The maximum absolute atomic E-state index is 11.6. The van der Waals surface area contributed by atoms with Crippen molar-refractivity contribution >= 4 is 11.8 Å². The summed E-state index contributed by atoms with van der Waals surface area (Å²) < 4.78 is 0. The lowest BCUT2D eigenvalue weighted by atomic mass is 10.1. The standard InChI is InChI=1S/C14H18N4OS/c1-3-4-11-8-12(19)18-14(17-11)20-13-7-10(9(2)15)5-6-16-13/h5-9H,3-4,15H2,1-2H3,(H,17,18,19)/t9-/m0/s1. The molecule has 5 nitrogen and oxygen atoms in total. The molecule has 0 radical (unpaired) electrons. The van der Waals surface area contributed by atoms with Crippen LogP contribution in [0.4, 0.5) is 0 Å². The van der Waals surface area contributed by atoms with Gasteiger partial charge in [0, 0.05) is 24.0 Å². The van der Waals surface area contributed by atoms with Crippen LogP contribution in [0.2, 0.25) is 0 Å². The Labute approximate surface area is 122 Å². The summed E-state index contributed by atoms with van der Waals surface area (Å²) in [6.07, 6.45) is 3.47. The fraction of sp³-hybridized carbons (Fsp3) is 0.357. The second kappa shape index (κ2) is 6.67. The van der Waals surface area contributed by atoms with E-state index in [1.807, 2.05) is 19.1 Å². The quantitative estimate of drug-likeness (QED) is 0.825. The molecule has 0 fully saturated rings. The van der Waals surface area contributed by atoms with Crippen molar-refractivity contribution in [2.24, 2.45) is 5.73 Å². The van der Waals surface area contributed by atoms with Crippen LogP contribution < -0.4 is 11.3 Å². The number of pyridine rings is 1. The Hall–Kier alpha value is -1.66. The fourth-order valence-electron chi connectivity index (χ4n) is 1.78. The first kappa shape index (κ1) is 14.7. The van der Waals surface area contributed by atoms with Crippen molar-refractivity contribution in [1.82, 2.24) is 15.0 Å². The highest BCUT2D eigenvalue weighted by molar-refractivity contribution is 7.99. The molecule has 0 saturated carbocycles. The molecule has 0 aliphatic heterocycles. The number of hydrogen-bond acceptors (Lipinski definition) is 5. The molecule has 0 amide bonds. The van der Waals surface area contributed by atoms with Crippen molar-refractivity contribution < 1.29 is 0 Å². The monoisotopic (exact) mass is 290 g/mol. The summed E-state index contributed by atoms with van der Waals surface area (Å²) >= 11 is 1.34. The molecule has 0 aliphatic carbocycles. The zero-order chi connectivity index (χ0) is 14.5. The Bertz CT molecular complexity index is 639. The Balaban J connectivity index is 2.25. The third-order valence-electron chi connectivity index (χ3n) is 2.77. The molecule has 0 bridgehead atoms. The SMILES string of the molecule is CCCc1cc(=O)[nH]c(Sc2cc([C@H](C)N)ccn2)n1. The minimum absolute atomic E-state index is 0.0456. The van der Waals surface area contributed by atoms with Crippen LogP contribution in [0.25, 0.3) is 0 Å². The zero-order valence-electron chi connectivity index (χ0n) is 11.6. The second-order valence-corrected chi connectivity index (χ2v) is 5.62. The highest BCUT2D eigenvalue weighted by Gasteiger charge is 2.06. The summed E-state index contributed by atoms with van der Waals surface area (Å²) in [4.78, 5) is 23.0. The van der Waals surface area contributed by atoms with Crippen LogP contribution in [0.1, 0.15) is 37.6 Å². The van der Waals surface area contributed by atoms with Crippen molar-refractivity contribution in [3.05, 3.63) is 46.0 Å². The predicted octanol–water partition coefficient (Wildman–Crippen LogP) is 2.29. The van der Waals surface area contributed by atoms with E-state index in [4.69, 9.17) is 5.73 Å². The van der Waals surface area contributed by atoms with Gasteiger partial charge in [0.1, 0.15) is 5.03 Å². The van der Waals surface area contributed by atoms with Crippen LogP contribution in [0.3, 0.4) is 0 Å². The first-order chi connectivity index (χ1) is 9.58. The van der Waals surface area contributed by atoms with Crippen LogP contribution >= 0.6 is 11.8 Å². The van der Waals surface area contributed by atoms with Crippen molar-refractivity contribution in [2.45, 2.75) is 42.9 Å². The topological polar surface area (TPSA) is 84.7 Å². The smallest absolute Gasteiger partial charge is 0.251 e. The highest BCUT2D eigenvalue weighted by Crippen LogP contribution is 2.24. The Morgan fingerprint density at radius 1 is 1.45 bits per heavy atom. The van der Waals surface area contributed by atoms with Crippen molar-refractivity contribution in [1.29, 1.82) is 0 Å². The molecule has 0 saturated heterocycles. The van der Waals surface area contributed by atoms with Crippen LogP contribution in [-0.4, -0.2) is 15.0 Å². The van der Waals surface area contributed by atoms with Crippen LogP contribution in [0.15, 0.2) is 39.4 Å². The van der Waals surface area contributed by atoms with Crippen LogP contribution in [0.5, 0.6) is 0 Å². The number of nitrogens with two attached hydrogens (primary N) is 1. The summed E-state index contributed by atoms with van der Waals surface area (Å²) in [7, 11) is 0. The predicted molar refractivity (Wildman–Crippen MR) is 79.8 cm³/mol. The Morgan fingerprint density at radius 3 is 2.95 bits per heavy atom. The van der Waals surface area contributed by atoms with E-state index in [1.165, 1.54) is 11.8 Å². The zero-order valence-corrected chi connectivity index (χ0v) is 12.4. The number of aryl methyl sites for hydroxylation is 1. The average Bonchev–Trinajstić information content (AvgIpc) is 2.38. The lowest BCUT2D eigenvalue weighted by Gasteiger charge is -2.07. The van der Waals surface area contributed by atoms with Crippen molar-refractivity contribution in [3.8, 4) is 0 Å². The normalized spacial score (nSPS) is 12.3. The summed E-state index contributed by atoms with van der Waals surface area (Å²) in [5.41, 5.74) is 7.54. The van der Waals surface area contributed by atoms with Gasteiger partial charge in [-0.3, -0.25) is 4.79 Å². The molecular formula is C14H18N4OS. The molecule has 0 aliphatic rings. The summed E-state index contributed by atoms with van der Waals surface area (Å²) in [6, 6.07) is 5.30. The number of rotatable bonds is 5. The minimum Gasteiger partial charge on any atom is -0.324 e. The van der Waals surface area contributed by atoms with Gasteiger partial charge in [-0.1, -0.05) is 13.3 Å². The highest BCUT2D eigenvalue weighted by atomic mass is 32.2. The molecule has 106 valence electrons. The molecule has 0 aromatic carbocycles. The van der Waals surface area contributed by atoms with Crippen molar-refractivity contribution in [3.63, 3.8) is 0 Å². The molecule has 20 heavy (non-hydrogen) atoms. The van der Waals surface area contributed by atoms with E-state index in [2.05, 4.69) is 21.9 Å². The van der Waals surface area contributed by atoms with E-state index in [0.717, 1.165) is 29.1 Å². The average molecular weight is 290 g/mol. The molecule has 0 spiro atoms. The van der Waals surface area contributed by atoms with Gasteiger partial charge in [-0.2, -0.15) is 0 Å². The number of H-pyrrole nitrogens is 1. The maximum atomic E-state index is 11.6. The van der Waals surface area contributed by atoms with Gasteiger partial charge < -0.3 is 10.7 Å². The van der Waals surface area contributed by atoms with Crippen molar-refractivity contribution in [2.75, 3.05) is 0 Å². The summed E-state index contributed by atoms with van der Waals surface area (Å²) in [6.45, 7) is 3.98. The second-order valence-electron chi connectivity index (χ2n) is 4.61. The van der Waals surface area contributed by atoms with Gasteiger partial charge >= 0.3 is 0 Å². The molecule has 2 rings (SSSR count). The van der Waals surface area contributed by atoms with Gasteiger partial charge in [0.05, 0.1) is 0 Å². The fourth-order valence-corrected chi connectivity index (χ4v) is 2.60. The number of aromatic amines is 1. The lowest BCUT2D eigenvalue weighted by Crippen LogP contribution is -2.10. The van der Waals surface area contributed by atoms with E-state index in [1.54, 1.807) is 12.3 Å². The molecular weight excluding hydrogens is 272 g/mol. The van der Waals surface area contributed by atoms with Gasteiger partial charge in [0.2, 0.25) is 0 Å². The van der Waals surface area contributed by atoms with E-state index in [9.17, 15) is 4.79 Å². The largest absolute Gasteiger partial charge is 0.324 e. The molecule has 6 heteroatoms. The van der Waals surface area contributed by atoms with Crippen LogP contribution in [-0.2, 0) is 6.42 Å². The maximum Gasteiger partial charge on any atom is 0.251 e. The number of aromatic nitrogens is 3. The Kier molecular flexibility index (Phi) is 4.92. The molecule has 3 N–H and O–H groups in total. The number of nitrogens with zero attached hydrogens (tertiary/aromatic N) is 2. The molecule has 2 aromatic rings. The van der Waals surface area contributed by atoms with E-state index >= 15 is 0 Å². The van der Waals surface area contributed by atoms with Gasteiger partial charge in [-0.15, -0.1) is 0 Å². The first-order valence-electron chi connectivity index (χ1n) is 6.58. The van der Waals surface area contributed by atoms with Gasteiger partial charge in [0.15, 0.2) is 5.16 Å². The third-order valence-corrected chi connectivity index (χ3v) is 3.58. The van der Waals surface area contributed by atoms with E-state index < -0.39 is 0 Å². The minimum atomic E-state index is -0.130. The third kappa shape index (κ3) is 3.91. The van der Waals surface area contributed by atoms with E-state index in [-0.39, 0.29) is 11.6 Å². The molecule has 2 heterocycles.